The third-order valence-corrected chi connectivity index (χ3v) is 5.45. The maximum atomic E-state index is 12.5. The quantitative estimate of drug-likeness (QED) is 0.775. The van der Waals surface area contributed by atoms with Gasteiger partial charge >= 0.3 is 6.61 Å². The number of alkyl halides is 2. The van der Waals surface area contributed by atoms with Crippen molar-refractivity contribution in [3.63, 3.8) is 0 Å². The lowest BCUT2D eigenvalue weighted by Crippen LogP contribution is -2.43. The first kappa shape index (κ1) is 20.8. The number of likely N-dealkylation sites (tertiary alicyclic amines) is 2. The molecular weight excluding hydrogens is 392 g/mol. The van der Waals surface area contributed by atoms with Crippen molar-refractivity contribution in [3.8, 4) is 5.75 Å². The van der Waals surface area contributed by atoms with Gasteiger partial charge in [0.15, 0.2) is 0 Å². The predicted molar refractivity (Wildman–Crippen MR) is 102 cm³/mol. The summed E-state index contributed by atoms with van der Waals surface area (Å²) in [5, 5.41) is 2.71. The minimum atomic E-state index is -2.96. The Kier molecular flexibility index (Phi) is 7.07. The zero-order chi connectivity index (χ0) is 20.1. The van der Waals surface area contributed by atoms with Gasteiger partial charge in [0, 0.05) is 24.7 Å². The van der Waals surface area contributed by atoms with E-state index in [1.165, 1.54) is 18.2 Å². The van der Waals surface area contributed by atoms with Crippen molar-refractivity contribution in [2.75, 3.05) is 38.0 Å². The number of carbonyl (C=O) groups is 2. The van der Waals surface area contributed by atoms with Crippen LogP contribution in [0.1, 0.15) is 25.7 Å². The lowest BCUT2D eigenvalue weighted by Gasteiger charge is -2.32. The number of carbonyl (C=O) groups excluding carboxylic acids is 2. The molecule has 0 bridgehead atoms. The van der Waals surface area contributed by atoms with Gasteiger partial charge in [-0.05, 0) is 57.0 Å². The molecule has 3 rings (SSSR count). The summed E-state index contributed by atoms with van der Waals surface area (Å²) in [5.74, 6) is -0.0525. The SMILES string of the molecule is O=C(CN1CCC(C(=O)N2CCCC2)CC1)Nc1ccc(OC(F)F)c(Cl)c1. The highest BCUT2D eigenvalue weighted by Gasteiger charge is 2.30. The molecule has 0 saturated carbocycles. The summed E-state index contributed by atoms with van der Waals surface area (Å²) in [6, 6.07) is 4.13. The van der Waals surface area contributed by atoms with Gasteiger partial charge in [-0.3, -0.25) is 14.5 Å². The molecule has 0 radical (unpaired) electrons. The first-order chi connectivity index (χ1) is 13.4. The van der Waals surface area contributed by atoms with Crippen LogP contribution < -0.4 is 10.1 Å². The minimum absolute atomic E-state index is 0.000612. The molecule has 2 fully saturated rings. The first-order valence-corrected chi connectivity index (χ1v) is 9.85. The third-order valence-electron chi connectivity index (χ3n) is 5.15. The number of benzene rings is 1. The molecule has 2 heterocycles. The summed E-state index contributed by atoms with van der Waals surface area (Å²) >= 11 is 5.89. The van der Waals surface area contributed by atoms with Gasteiger partial charge in [-0.2, -0.15) is 8.78 Å². The van der Waals surface area contributed by atoms with E-state index in [0.717, 1.165) is 38.8 Å². The monoisotopic (exact) mass is 415 g/mol. The van der Waals surface area contributed by atoms with Crippen LogP contribution in [0.25, 0.3) is 0 Å². The van der Waals surface area contributed by atoms with Gasteiger partial charge in [-0.25, -0.2) is 0 Å². The molecule has 2 aliphatic rings. The molecule has 2 aliphatic heterocycles. The Morgan fingerprint density at radius 1 is 1.18 bits per heavy atom. The molecule has 1 aromatic carbocycles. The van der Waals surface area contributed by atoms with E-state index in [-0.39, 0.29) is 35.0 Å². The Balaban J connectivity index is 1.44. The summed E-state index contributed by atoms with van der Waals surface area (Å²) in [5.41, 5.74) is 0.413. The van der Waals surface area contributed by atoms with Crippen LogP contribution in [0.5, 0.6) is 5.75 Å². The maximum Gasteiger partial charge on any atom is 0.387 e. The van der Waals surface area contributed by atoms with Gasteiger partial charge in [0.2, 0.25) is 11.8 Å². The summed E-state index contributed by atoms with van der Waals surface area (Å²) in [6.45, 7) is 0.366. The molecule has 154 valence electrons. The molecule has 0 spiro atoms. The van der Waals surface area contributed by atoms with Crippen molar-refractivity contribution >= 4 is 29.1 Å². The number of nitrogens with one attached hydrogen (secondary N) is 1. The number of amides is 2. The van der Waals surface area contributed by atoms with E-state index in [1.54, 1.807) is 0 Å². The minimum Gasteiger partial charge on any atom is -0.433 e. The Morgan fingerprint density at radius 3 is 2.46 bits per heavy atom. The summed E-state index contributed by atoms with van der Waals surface area (Å²) in [4.78, 5) is 28.7. The highest BCUT2D eigenvalue weighted by Crippen LogP contribution is 2.29. The highest BCUT2D eigenvalue weighted by molar-refractivity contribution is 6.32. The van der Waals surface area contributed by atoms with E-state index in [9.17, 15) is 18.4 Å². The zero-order valence-corrected chi connectivity index (χ0v) is 16.3. The number of rotatable bonds is 6. The number of piperidine rings is 1. The van der Waals surface area contributed by atoms with Gasteiger partial charge in [-0.15, -0.1) is 0 Å². The van der Waals surface area contributed by atoms with Crippen LogP contribution in [0.4, 0.5) is 14.5 Å². The van der Waals surface area contributed by atoms with Crippen LogP contribution in [-0.4, -0.2) is 60.9 Å². The van der Waals surface area contributed by atoms with Gasteiger partial charge < -0.3 is 15.0 Å². The van der Waals surface area contributed by atoms with Crippen molar-refractivity contribution in [2.24, 2.45) is 5.92 Å². The number of anilines is 1. The number of halogens is 3. The van der Waals surface area contributed by atoms with Gasteiger partial charge in [0.25, 0.3) is 0 Å². The molecule has 2 amide bonds. The molecule has 9 heteroatoms. The number of hydrogen-bond acceptors (Lipinski definition) is 4. The lowest BCUT2D eigenvalue weighted by atomic mass is 9.95. The van der Waals surface area contributed by atoms with Crippen molar-refractivity contribution in [3.05, 3.63) is 23.2 Å². The first-order valence-electron chi connectivity index (χ1n) is 9.47. The molecule has 1 N–H and O–H groups in total. The molecule has 1 aromatic rings. The van der Waals surface area contributed by atoms with E-state index < -0.39 is 6.61 Å². The second-order valence-corrected chi connectivity index (χ2v) is 7.56. The molecule has 6 nitrogen and oxygen atoms in total. The van der Waals surface area contributed by atoms with Crippen molar-refractivity contribution < 1.29 is 23.1 Å². The van der Waals surface area contributed by atoms with E-state index in [0.29, 0.717) is 18.8 Å². The van der Waals surface area contributed by atoms with Gasteiger partial charge in [0.05, 0.1) is 11.6 Å². The average molecular weight is 416 g/mol. The summed E-state index contributed by atoms with van der Waals surface area (Å²) in [6.07, 6.45) is 3.69. The zero-order valence-electron chi connectivity index (χ0n) is 15.5. The van der Waals surface area contributed by atoms with Crippen molar-refractivity contribution in [2.45, 2.75) is 32.3 Å². The smallest absolute Gasteiger partial charge is 0.387 e. The molecule has 2 saturated heterocycles. The maximum absolute atomic E-state index is 12.5. The van der Waals surface area contributed by atoms with Crippen LogP contribution in [0.3, 0.4) is 0 Å². The normalized spacial score (nSPS) is 18.5. The summed E-state index contributed by atoms with van der Waals surface area (Å²) < 4.78 is 28.8. The Labute approximate surface area is 167 Å². The number of hydrogen-bond donors (Lipinski definition) is 1. The Morgan fingerprint density at radius 2 is 1.86 bits per heavy atom. The second kappa shape index (κ2) is 9.52. The fourth-order valence-electron chi connectivity index (χ4n) is 3.71. The molecule has 0 aliphatic carbocycles. The third kappa shape index (κ3) is 5.54. The second-order valence-electron chi connectivity index (χ2n) is 7.15. The van der Waals surface area contributed by atoms with Crippen LogP contribution in [0.15, 0.2) is 18.2 Å². The molecule has 0 atom stereocenters. The standard InChI is InChI=1S/C19H24ClF2N3O3/c20-15-11-14(3-4-16(15)28-19(21)22)23-17(26)12-24-9-5-13(6-10-24)18(27)25-7-1-2-8-25/h3-4,11,13,19H,1-2,5-10,12H2,(H,23,26). The number of ether oxygens (including phenoxy) is 1. The van der Waals surface area contributed by atoms with Crippen LogP contribution in [0.2, 0.25) is 5.02 Å². The van der Waals surface area contributed by atoms with Crippen molar-refractivity contribution in [1.82, 2.24) is 9.80 Å². The highest BCUT2D eigenvalue weighted by atomic mass is 35.5. The summed E-state index contributed by atoms with van der Waals surface area (Å²) in [7, 11) is 0. The van der Waals surface area contributed by atoms with Crippen LogP contribution in [0, 0.1) is 5.92 Å². The Bertz CT molecular complexity index is 706. The largest absolute Gasteiger partial charge is 0.433 e. The van der Waals surface area contributed by atoms with Crippen molar-refractivity contribution in [1.29, 1.82) is 0 Å². The van der Waals surface area contributed by atoms with Gasteiger partial charge in [-0.1, -0.05) is 11.6 Å². The van der Waals surface area contributed by atoms with Crippen LogP contribution in [-0.2, 0) is 9.59 Å². The van der Waals surface area contributed by atoms with E-state index in [4.69, 9.17) is 11.6 Å². The lowest BCUT2D eigenvalue weighted by molar-refractivity contribution is -0.136. The predicted octanol–water partition coefficient (Wildman–Crippen LogP) is 3.21. The molecule has 0 unspecified atom stereocenters. The Hall–Kier alpha value is -1.93. The molecule has 0 aromatic heterocycles. The average Bonchev–Trinajstić information content (AvgIpc) is 3.18. The van der Waals surface area contributed by atoms with E-state index in [2.05, 4.69) is 10.1 Å². The fourth-order valence-corrected chi connectivity index (χ4v) is 3.93. The fraction of sp³-hybridized carbons (Fsp3) is 0.579. The topological polar surface area (TPSA) is 61.9 Å². The van der Waals surface area contributed by atoms with Gasteiger partial charge in [0.1, 0.15) is 5.75 Å². The number of nitrogens with zero attached hydrogens (tertiary/aromatic N) is 2. The molecule has 28 heavy (non-hydrogen) atoms. The van der Waals surface area contributed by atoms with E-state index in [1.807, 2.05) is 9.80 Å². The van der Waals surface area contributed by atoms with E-state index >= 15 is 0 Å². The molecular formula is C19H24ClF2N3O3. The van der Waals surface area contributed by atoms with Crippen LogP contribution >= 0.6 is 11.6 Å².